The van der Waals surface area contributed by atoms with Crippen LogP contribution >= 0.6 is 0 Å². The summed E-state index contributed by atoms with van der Waals surface area (Å²) in [4.78, 5) is 12.4. The highest BCUT2D eigenvalue weighted by molar-refractivity contribution is 5.84. The van der Waals surface area contributed by atoms with Crippen molar-refractivity contribution in [2.24, 2.45) is 0 Å². The van der Waals surface area contributed by atoms with Crippen LogP contribution in [0, 0.1) is 0 Å². The first kappa shape index (κ1) is 20.2. The van der Waals surface area contributed by atoms with E-state index >= 15 is 0 Å². The average molecular weight is 374 g/mol. The minimum atomic E-state index is -0.451. The Hall–Kier alpha value is -3.09. The fourth-order valence-electron chi connectivity index (χ4n) is 2.55. The Morgan fingerprint density at radius 3 is 2.22 bits per heavy atom. The van der Waals surface area contributed by atoms with Crippen LogP contribution < -0.4 is 29.6 Å². The molecule has 27 heavy (non-hydrogen) atoms. The number of benzene rings is 2. The minimum Gasteiger partial charge on any atom is -0.497 e. The van der Waals surface area contributed by atoms with Gasteiger partial charge in [-0.1, -0.05) is 6.07 Å². The molecule has 0 saturated carbocycles. The molecule has 0 aliphatic heterocycles. The number of amides is 1. The van der Waals surface area contributed by atoms with Gasteiger partial charge in [0, 0.05) is 12.6 Å². The van der Waals surface area contributed by atoms with Gasteiger partial charge in [-0.05, 0) is 36.8 Å². The van der Waals surface area contributed by atoms with Crippen molar-refractivity contribution in [3.63, 3.8) is 0 Å². The molecule has 146 valence electrons. The smallest absolute Gasteiger partial charge is 0.242 e. The fourth-order valence-corrected chi connectivity index (χ4v) is 2.55. The average Bonchev–Trinajstić information content (AvgIpc) is 2.71. The standard InChI is InChI=1S/C20H26N2O5/c1-13(22-16-8-7-15(24-2)11-18(16)26-4)20(23)21-12-14-6-9-17(25-3)19(10-14)27-5/h6-11,13,22H,12H2,1-5H3,(H,21,23). The summed E-state index contributed by atoms with van der Waals surface area (Å²) in [6, 6.07) is 10.5. The molecule has 2 N–H and O–H groups in total. The number of ether oxygens (including phenoxy) is 4. The van der Waals surface area contributed by atoms with E-state index in [0.717, 1.165) is 5.56 Å². The molecule has 2 rings (SSSR count). The first-order chi connectivity index (χ1) is 13.0. The van der Waals surface area contributed by atoms with E-state index < -0.39 is 6.04 Å². The van der Waals surface area contributed by atoms with E-state index in [1.165, 1.54) is 0 Å². The van der Waals surface area contributed by atoms with Gasteiger partial charge >= 0.3 is 0 Å². The van der Waals surface area contributed by atoms with E-state index in [4.69, 9.17) is 18.9 Å². The molecule has 2 aromatic rings. The van der Waals surface area contributed by atoms with Crippen molar-refractivity contribution in [2.75, 3.05) is 33.8 Å². The van der Waals surface area contributed by atoms with E-state index in [9.17, 15) is 4.79 Å². The normalized spacial score (nSPS) is 11.3. The first-order valence-electron chi connectivity index (χ1n) is 8.49. The fraction of sp³-hybridized carbons (Fsp3) is 0.350. The molecule has 7 nitrogen and oxygen atoms in total. The molecular formula is C20H26N2O5. The second-order valence-electron chi connectivity index (χ2n) is 5.84. The Balaban J connectivity index is 1.98. The van der Waals surface area contributed by atoms with Crippen LogP contribution in [0.1, 0.15) is 12.5 Å². The summed E-state index contributed by atoms with van der Waals surface area (Å²) >= 11 is 0. The molecule has 0 saturated heterocycles. The number of carbonyl (C=O) groups excluding carboxylic acids is 1. The summed E-state index contributed by atoms with van der Waals surface area (Å²) in [6.45, 7) is 2.17. The molecule has 0 aromatic heterocycles. The predicted molar refractivity (Wildman–Crippen MR) is 104 cm³/mol. The molecule has 0 fully saturated rings. The maximum absolute atomic E-state index is 12.4. The molecule has 0 heterocycles. The van der Waals surface area contributed by atoms with Crippen LogP contribution in [-0.4, -0.2) is 40.4 Å². The maximum atomic E-state index is 12.4. The largest absolute Gasteiger partial charge is 0.497 e. The van der Waals surface area contributed by atoms with Crippen molar-refractivity contribution in [1.29, 1.82) is 0 Å². The quantitative estimate of drug-likeness (QED) is 0.703. The number of hydrogen-bond donors (Lipinski definition) is 2. The first-order valence-corrected chi connectivity index (χ1v) is 8.49. The van der Waals surface area contributed by atoms with Crippen molar-refractivity contribution in [3.05, 3.63) is 42.0 Å². The van der Waals surface area contributed by atoms with Crippen LogP contribution in [0.15, 0.2) is 36.4 Å². The number of nitrogens with one attached hydrogen (secondary N) is 2. The lowest BCUT2D eigenvalue weighted by Crippen LogP contribution is -2.37. The lowest BCUT2D eigenvalue weighted by Gasteiger charge is -2.18. The number of anilines is 1. The maximum Gasteiger partial charge on any atom is 0.242 e. The monoisotopic (exact) mass is 374 g/mol. The van der Waals surface area contributed by atoms with E-state index in [1.54, 1.807) is 47.5 Å². The topological polar surface area (TPSA) is 78.1 Å². The minimum absolute atomic E-state index is 0.136. The lowest BCUT2D eigenvalue weighted by molar-refractivity contribution is -0.121. The zero-order valence-corrected chi connectivity index (χ0v) is 16.3. The van der Waals surface area contributed by atoms with Crippen molar-refractivity contribution in [2.45, 2.75) is 19.5 Å². The zero-order valence-electron chi connectivity index (χ0n) is 16.3. The van der Waals surface area contributed by atoms with Crippen LogP contribution in [0.5, 0.6) is 23.0 Å². The molecule has 0 aliphatic carbocycles. The van der Waals surface area contributed by atoms with Crippen molar-refractivity contribution < 1.29 is 23.7 Å². The summed E-state index contributed by atoms with van der Waals surface area (Å²) < 4.78 is 21.0. The van der Waals surface area contributed by atoms with Gasteiger partial charge in [0.2, 0.25) is 5.91 Å². The van der Waals surface area contributed by atoms with Crippen LogP contribution in [0.25, 0.3) is 0 Å². The van der Waals surface area contributed by atoms with Crippen molar-refractivity contribution in [1.82, 2.24) is 5.32 Å². The molecule has 7 heteroatoms. The van der Waals surface area contributed by atoms with Crippen molar-refractivity contribution >= 4 is 11.6 Å². The van der Waals surface area contributed by atoms with Crippen LogP contribution in [-0.2, 0) is 11.3 Å². The van der Waals surface area contributed by atoms with E-state index in [1.807, 2.05) is 24.3 Å². The molecule has 0 bridgehead atoms. The molecule has 1 amide bonds. The Morgan fingerprint density at radius 2 is 1.59 bits per heavy atom. The predicted octanol–water partition coefficient (Wildman–Crippen LogP) is 2.84. The van der Waals surface area contributed by atoms with Crippen LogP contribution in [0.2, 0.25) is 0 Å². The molecule has 0 radical (unpaired) electrons. The van der Waals surface area contributed by atoms with Gasteiger partial charge in [-0.25, -0.2) is 0 Å². The third-order valence-corrected chi connectivity index (χ3v) is 4.09. The molecule has 1 atom stereocenters. The van der Waals surface area contributed by atoms with Gasteiger partial charge in [0.05, 0.1) is 34.1 Å². The van der Waals surface area contributed by atoms with E-state index in [0.29, 0.717) is 35.2 Å². The molecule has 0 spiro atoms. The number of hydrogen-bond acceptors (Lipinski definition) is 6. The summed E-state index contributed by atoms with van der Waals surface area (Å²) in [5.41, 5.74) is 1.63. The van der Waals surface area contributed by atoms with Gasteiger partial charge in [0.25, 0.3) is 0 Å². The second kappa shape index (κ2) is 9.56. The summed E-state index contributed by atoms with van der Waals surface area (Å²) in [5.74, 6) is 2.42. The Kier molecular flexibility index (Phi) is 7.16. The van der Waals surface area contributed by atoms with Gasteiger partial charge in [0.1, 0.15) is 17.5 Å². The number of methoxy groups -OCH3 is 4. The highest BCUT2D eigenvalue weighted by Crippen LogP contribution is 2.30. The number of rotatable bonds is 9. The van der Waals surface area contributed by atoms with Crippen LogP contribution in [0.4, 0.5) is 5.69 Å². The SMILES string of the molecule is COc1ccc(NC(C)C(=O)NCc2ccc(OC)c(OC)c2)c(OC)c1. The van der Waals surface area contributed by atoms with Gasteiger partial charge in [0.15, 0.2) is 11.5 Å². The lowest BCUT2D eigenvalue weighted by atomic mass is 10.2. The van der Waals surface area contributed by atoms with Gasteiger partial charge < -0.3 is 29.6 Å². The van der Waals surface area contributed by atoms with Gasteiger partial charge in [-0.2, -0.15) is 0 Å². The molecule has 1 unspecified atom stereocenters. The Bertz CT molecular complexity index is 779. The zero-order chi connectivity index (χ0) is 19.8. The van der Waals surface area contributed by atoms with Crippen molar-refractivity contribution in [3.8, 4) is 23.0 Å². The molecule has 0 aliphatic rings. The third kappa shape index (κ3) is 5.20. The molecular weight excluding hydrogens is 348 g/mol. The van der Waals surface area contributed by atoms with Gasteiger partial charge in [-0.3, -0.25) is 4.79 Å². The highest BCUT2D eigenvalue weighted by Gasteiger charge is 2.15. The highest BCUT2D eigenvalue weighted by atomic mass is 16.5. The summed E-state index contributed by atoms with van der Waals surface area (Å²) in [7, 11) is 6.32. The van der Waals surface area contributed by atoms with E-state index in [-0.39, 0.29) is 5.91 Å². The van der Waals surface area contributed by atoms with Crippen LogP contribution in [0.3, 0.4) is 0 Å². The number of carbonyl (C=O) groups is 1. The summed E-state index contributed by atoms with van der Waals surface area (Å²) in [6.07, 6.45) is 0. The Morgan fingerprint density at radius 1 is 0.889 bits per heavy atom. The summed E-state index contributed by atoms with van der Waals surface area (Å²) in [5, 5.41) is 6.06. The van der Waals surface area contributed by atoms with E-state index in [2.05, 4.69) is 10.6 Å². The Labute approximate surface area is 159 Å². The van der Waals surface area contributed by atoms with Gasteiger partial charge in [-0.15, -0.1) is 0 Å². The molecule has 2 aromatic carbocycles. The second-order valence-corrected chi connectivity index (χ2v) is 5.84. The third-order valence-electron chi connectivity index (χ3n) is 4.09.